The highest BCUT2D eigenvalue weighted by Crippen LogP contribution is 2.39. The Hall–Kier alpha value is -3.17. The second kappa shape index (κ2) is 8.46. The fourth-order valence-corrected chi connectivity index (χ4v) is 4.53. The lowest BCUT2D eigenvalue weighted by molar-refractivity contribution is -0.131. The van der Waals surface area contributed by atoms with Crippen molar-refractivity contribution in [2.45, 2.75) is 11.7 Å². The van der Waals surface area contributed by atoms with Gasteiger partial charge in [-0.25, -0.2) is 4.98 Å². The minimum Gasteiger partial charge on any atom is -0.426 e. The summed E-state index contributed by atoms with van der Waals surface area (Å²) in [5.74, 6) is 0.885. The minimum atomic E-state index is -0.360. The number of hydrogen-bond acceptors (Lipinski definition) is 8. The second-order valence-electron chi connectivity index (χ2n) is 5.98. The van der Waals surface area contributed by atoms with Crippen LogP contribution in [-0.2, 0) is 11.3 Å². The maximum absolute atomic E-state index is 12.2. The number of nitrogens with two attached hydrogens (primary N) is 1. The third-order valence-electron chi connectivity index (χ3n) is 4.03. The predicted molar refractivity (Wildman–Crippen MR) is 116 cm³/mol. The van der Waals surface area contributed by atoms with Gasteiger partial charge in [-0.2, -0.15) is 0 Å². The number of thioether (sulfide) groups is 1. The topological polar surface area (TPSA) is 95.9 Å². The lowest BCUT2D eigenvalue weighted by atomic mass is 10.2. The molecule has 9 heteroatoms. The van der Waals surface area contributed by atoms with Gasteiger partial charge < -0.3 is 10.5 Å². The van der Waals surface area contributed by atoms with Crippen molar-refractivity contribution >= 4 is 45.0 Å². The Balaban J connectivity index is 1.57. The van der Waals surface area contributed by atoms with Crippen molar-refractivity contribution < 1.29 is 9.53 Å². The summed E-state index contributed by atoms with van der Waals surface area (Å²) in [5.41, 5.74) is 6.96. The van der Waals surface area contributed by atoms with Crippen LogP contribution in [0.15, 0.2) is 66.5 Å². The number of pyridine rings is 1. The van der Waals surface area contributed by atoms with E-state index >= 15 is 0 Å². The molecule has 0 aliphatic heterocycles. The van der Waals surface area contributed by atoms with E-state index in [1.807, 2.05) is 34.9 Å². The van der Waals surface area contributed by atoms with Crippen molar-refractivity contribution in [3.8, 4) is 16.5 Å². The van der Waals surface area contributed by atoms with E-state index < -0.39 is 0 Å². The molecule has 4 rings (SSSR count). The monoisotopic (exact) mass is 423 g/mol. The fourth-order valence-electron chi connectivity index (χ4n) is 2.75. The molecule has 0 atom stereocenters. The number of nitrogens with zero attached hydrogens (tertiary/aromatic N) is 4. The molecule has 0 aliphatic carbocycles. The summed E-state index contributed by atoms with van der Waals surface area (Å²) in [4.78, 5) is 18.2. The van der Waals surface area contributed by atoms with Gasteiger partial charge in [0.25, 0.3) is 0 Å². The highest BCUT2D eigenvalue weighted by atomic mass is 32.2. The van der Waals surface area contributed by atoms with Crippen molar-refractivity contribution in [1.29, 1.82) is 0 Å². The number of allylic oxidation sites excluding steroid dienone is 1. The summed E-state index contributed by atoms with van der Waals surface area (Å²) >= 11 is 2.72. The minimum absolute atomic E-state index is 0.105. The smallest absolute Gasteiger partial charge is 0.321 e. The van der Waals surface area contributed by atoms with E-state index in [2.05, 4.69) is 21.8 Å². The first-order valence-corrected chi connectivity index (χ1v) is 10.5. The Morgan fingerprint density at radius 2 is 2.07 bits per heavy atom. The third-order valence-corrected chi connectivity index (χ3v) is 6.10. The van der Waals surface area contributed by atoms with E-state index in [1.54, 1.807) is 24.4 Å². The Bertz CT molecular complexity index is 1170. The molecule has 2 N–H and O–H groups in total. The standard InChI is InChI=1S/C20H17N5O2S2/c1-2-11-25-18(17-16(21)14-9-6-10-22-19(14)29-17)23-24-20(25)28-12-15(26)27-13-7-4-3-5-8-13/h2-10H,1,11-12,21H2. The van der Waals surface area contributed by atoms with Crippen LogP contribution < -0.4 is 10.5 Å². The third kappa shape index (κ3) is 4.01. The van der Waals surface area contributed by atoms with Crippen LogP contribution in [-0.4, -0.2) is 31.5 Å². The highest BCUT2D eigenvalue weighted by Gasteiger charge is 2.20. The number of nitrogen functional groups attached to an aromatic ring is 1. The van der Waals surface area contributed by atoms with Crippen molar-refractivity contribution in [1.82, 2.24) is 19.7 Å². The van der Waals surface area contributed by atoms with Crippen molar-refractivity contribution in [3.05, 3.63) is 61.3 Å². The number of benzene rings is 1. The average Bonchev–Trinajstić information content (AvgIpc) is 3.28. The number of carbonyl (C=O) groups excluding carboxylic acids is 1. The average molecular weight is 424 g/mol. The molecule has 146 valence electrons. The number of esters is 1. The van der Waals surface area contributed by atoms with Crippen LogP contribution in [0.2, 0.25) is 0 Å². The van der Waals surface area contributed by atoms with Crippen LogP contribution in [0.4, 0.5) is 5.69 Å². The van der Waals surface area contributed by atoms with Gasteiger partial charge in [0, 0.05) is 18.1 Å². The molecular weight excluding hydrogens is 406 g/mol. The number of fused-ring (bicyclic) bond motifs is 1. The normalized spacial score (nSPS) is 10.9. The van der Waals surface area contributed by atoms with Gasteiger partial charge in [0.15, 0.2) is 11.0 Å². The van der Waals surface area contributed by atoms with E-state index in [-0.39, 0.29) is 11.7 Å². The van der Waals surface area contributed by atoms with Gasteiger partial charge in [0.1, 0.15) is 10.6 Å². The number of thiophene rings is 1. The number of para-hydroxylation sites is 1. The first-order valence-electron chi connectivity index (χ1n) is 8.73. The Morgan fingerprint density at radius 3 is 2.83 bits per heavy atom. The molecule has 0 saturated heterocycles. The molecule has 0 saturated carbocycles. The van der Waals surface area contributed by atoms with Gasteiger partial charge in [-0.05, 0) is 24.3 Å². The molecule has 0 unspecified atom stereocenters. The summed E-state index contributed by atoms with van der Waals surface area (Å²) in [6.45, 7) is 4.30. The zero-order chi connectivity index (χ0) is 20.2. The first-order chi connectivity index (χ1) is 14.2. The summed E-state index contributed by atoms with van der Waals surface area (Å²) in [6.07, 6.45) is 3.48. The van der Waals surface area contributed by atoms with E-state index in [1.165, 1.54) is 23.1 Å². The summed E-state index contributed by atoms with van der Waals surface area (Å²) in [6, 6.07) is 12.7. The second-order valence-corrected chi connectivity index (χ2v) is 7.92. The van der Waals surface area contributed by atoms with Crippen molar-refractivity contribution in [2.24, 2.45) is 0 Å². The molecule has 0 radical (unpaired) electrons. The number of anilines is 1. The van der Waals surface area contributed by atoms with Crippen molar-refractivity contribution in [3.63, 3.8) is 0 Å². The summed E-state index contributed by atoms with van der Waals surface area (Å²) in [5, 5.41) is 10.1. The molecule has 7 nitrogen and oxygen atoms in total. The molecule has 0 aliphatic rings. The quantitative estimate of drug-likeness (QED) is 0.208. The highest BCUT2D eigenvalue weighted by molar-refractivity contribution is 7.99. The molecule has 3 heterocycles. The molecule has 3 aromatic heterocycles. The zero-order valence-corrected chi connectivity index (χ0v) is 16.9. The fraction of sp³-hybridized carbons (Fsp3) is 0.100. The van der Waals surface area contributed by atoms with Gasteiger partial charge in [-0.3, -0.25) is 9.36 Å². The maximum Gasteiger partial charge on any atom is 0.321 e. The number of hydrogen-bond donors (Lipinski definition) is 1. The van der Waals surface area contributed by atoms with Crippen LogP contribution in [0.3, 0.4) is 0 Å². The van der Waals surface area contributed by atoms with Crippen LogP contribution >= 0.6 is 23.1 Å². The molecular formula is C20H17N5O2S2. The Kier molecular flexibility index (Phi) is 5.59. The predicted octanol–water partition coefficient (Wildman–Crippen LogP) is 4.02. The SMILES string of the molecule is C=CCn1c(SCC(=O)Oc2ccccc2)nnc1-c1sc2ncccc2c1N. The summed E-state index contributed by atoms with van der Waals surface area (Å²) in [7, 11) is 0. The van der Waals surface area contributed by atoms with E-state index in [0.29, 0.717) is 29.0 Å². The van der Waals surface area contributed by atoms with E-state index in [0.717, 1.165) is 15.1 Å². The van der Waals surface area contributed by atoms with E-state index in [4.69, 9.17) is 10.5 Å². The molecule has 1 aromatic carbocycles. The number of aromatic nitrogens is 4. The van der Waals surface area contributed by atoms with Gasteiger partial charge in [-0.1, -0.05) is 36.0 Å². The molecule has 4 aromatic rings. The number of carbonyl (C=O) groups is 1. The van der Waals surface area contributed by atoms with Gasteiger partial charge >= 0.3 is 5.97 Å². The van der Waals surface area contributed by atoms with Gasteiger partial charge in [0.2, 0.25) is 0 Å². The maximum atomic E-state index is 12.2. The lowest BCUT2D eigenvalue weighted by Crippen LogP contribution is -2.11. The molecule has 0 spiro atoms. The lowest BCUT2D eigenvalue weighted by Gasteiger charge is -2.07. The molecule has 29 heavy (non-hydrogen) atoms. The largest absolute Gasteiger partial charge is 0.426 e. The Morgan fingerprint density at radius 1 is 1.24 bits per heavy atom. The Labute approximate surface area is 175 Å². The molecule has 0 fully saturated rings. The van der Waals surface area contributed by atoms with Gasteiger partial charge in [-0.15, -0.1) is 28.1 Å². The zero-order valence-electron chi connectivity index (χ0n) is 15.3. The number of rotatable bonds is 7. The molecule has 0 bridgehead atoms. The van der Waals surface area contributed by atoms with Crippen LogP contribution in [0.25, 0.3) is 20.9 Å². The number of ether oxygens (including phenoxy) is 1. The summed E-state index contributed by atoms with van der Waals surface area (Å²) < 4.78 is 7.21. The van der Waals surface area contributed by atoms with Crippen LogP contribution in [0.5, 0.6) is 5.75 Å². The van der Waals surface area contributed by atoms with Crippen LogP contribution in [0, 0.1) is 0 Å². The first kappa shape index (κ1) is 19.2. The van der Waals surface area contributed by atoms with Gasteiger partial charge in [0.05, 0.1) is 16.3 Å². The van der Waals surface area contributed by atoms with Crippen LogP contribution in [0.1, 0.15) is 0 Å². The van der Waals surface area contributed by atoms with Crippen molar-refractivity contribution in [2.75, 3.05) is 11.5 Å². The molecule has 0 amide bonds. The van der Waals surface area contributed by atoms with E-state index in [9.17, 15) is 4.79 Å².